The topological polar surface area (TPSA) is 50.1 Å². The van der Waals surface area contributed by atoms with Crippen LogP contribution in [-0.2, 0) is 9.53 Å². The first-order valence-electron chi connectivity index (χ1n) is 1.72. The van der Waals surface area contributed by atoms with E-state index < -0.39 is 5.91 Å². The van der Waals surface area contributed by atoms with E-state index in [9.17, 15) is 4.79 Å². The maximum Gasteiger partial charge on any atom is 0.265 e. The lowest BCUT2D eigenvalue weighted by Gasteiger charge is -1.79. The van der Waals surface area contributed by atoms with Crippen LogP contribution in [0.15, 0.2) is 12.3 Å². The average Bonchev–Trinajstić information content (AvgIpc) is 1.61. The summed E-state index contributed by atoms with van der Waals surface area (Å²) < 4.78 is 4.33. The highest BCUT2D eigenvalue weighted by Crippen LogP contribution is 1.68. The van der Waals surface area contributed by atoms with E-state index in [1.165, 1.54) is 7.11 Å². The minimum atomic E-state index is -0.748. The molecule has 1 N–H and O–H groups in total. The van der Waals surface area contributed by atoms with E-state index in [1.54, 1.807) is 0 Å². The number of nitrogens with one attached hydrogen (secondary N) is 1. The zero-order valence-corrected chi connectivity index (χ0v) is 3.97. The molecule has 0 aromatic rings. The Balaban J connectivity index is 3.26. The Labute approximate surface area is 41.8 Å². The molecule has 3 heteroatoms. The largest absolute Gasteiger partial charge is 0.504 e. The predicted octanol–water partition coefficient (Wildman–Crippen LogP) is -0.0440. The molecule has 0 fully saturated rings. The molecule has 0 heterocycles. The molecule has 0 atom stereocenters. The van der Waals surface area contributed by atoms with Crippen molar-refractivity contribution in [1.29, 1.82) is 0 Å². The maximum atomic E-state index is 9.70. The lowest BCUT2D eigenvalue weighted by Crippen LogP contribution is -1.89. The molecule has 1 radical (unpaired) electrons. The Morgan fingerprint density at radius 3 is 2.57 bits per heavy atom. The molecule has 0 unspecified atom stereocenters. The van der Waals surface area contributed by atoms with Crippen LogP contribution >= 0.6 is 0 Å². The number of carbonyl (C=O) groups excluding carboxylic acids is 1. The Kier molecular flexibility index (Phi) is 2.76. The second-order valence-corrected chi connectivity index (χ2v) is 0.903. The van der Waals surface area contributed by atoms with Crippen molar-refractivity contribution in [3.8, 4) is 0 Å². The van der Waals surface area contributed by atoms with Crippen LogP contribution < -0.4 is 5.73 Å². The summed E-state index contributed by atoms with van der Waals surface area (Å²) >= 11 is 0. The molecule has 0 spiro atoms. The summed E-state index contributed by atoms with van der Waals surface area (Å²) in [6, 6.07) is 0. The summed E-state index contributed by atoms with van der Waals surface area (Å²) in [7, 11) is 1.42. The smallest absolute Gasteiger partial charge is 0.265 e. The molecule has 39 valence electrons. The Morgan fingerprint density at radius 2 is 2.43 bits per heavy atom. The third-order valence-corrected chi connectivity index (χ3v) is 0.355. The van der Waals surface area contributed by atoms with E-state index in [0.29, 0.717) is 0 Å². The van der Waals surface area contributed by atoms with Gasteiger partial charge < -0.3 is 4.74 Å². The van der Waals surface area contributed by atoms with Gasteiger partial charge in [-0.2, -0.15) is 0 Å². The molecule has 0 aliphatic rings. The van der Waals surface area contributed by atoms with Gasteiger partial charge in [0.2, 0.25) is 0 Å². The first-order valence-corrected chi connectivity index (χ1v) is 1.72. The molecule has 7 heavy (non-hydrogen) atoms. The first-order chi connectivity index (χ1) is 3.27. The normalized spacial score (nSPS) is 9.29. The molecule has 0 rings (SSSR count). The molecular formula is C4H6NO2. The van der Waals surface area contributed by atoms with Crippen molar-refractivity contribution in [1.82, 2.24) is 5.73 Å². The van der Waals surface area contributed by atoms with E-state index in [-0.39, 0.29) is 0 Å². The Hall–Kier alpha value is -0.990. The van der Waals surface area contributed by atoms with Gasteiger partial charge >= 0.3 is 0 Å². The van der Waals surface area contributed by atoms with Crippen LogP contribution in [0.3, 0.4) is 0 Å². The quantitative estimate of drug-likeness (QED) is 0.361. The molecule has 0 aromatic carbocycles. The standard InChI is InChI=1S/C4H6NO2/c1-7-3-2-4(5)6/h2-3,5H,1H3. The molecule has 0 aliphatic heterocycles. The van der Waals surface area contributed by atoms with Crippen molar-refractivity contribution in [3.05, 3.63) is 12.3 Å². The molecular weight excluding hydrogens is 94.0 g/mol. The first kappa shape index (κ1) is 6.01. The fourth-order valence-corrected chi connectivity index (χ4v) is 0.130. The zero-order valence-electron chi connectivity index (χ0n) is 3.97. The van der Waals surface area contributed by atoms with Gasteiger partial charge in [0.25, 0.3) is 5.91 Å². The molecule has 0 saturated heterocycles. The van der Waals surface area contributed by atoms with Crippen molar-refractivity contribution in [2.24, 2.45) is 0 Å². The van der Waals surface area contributed by atoms with E-state index >= 15 is 0 Å². The minimum Gasteiger partial charge on any atom is -0.504 e. The number of ether oxygens (including phenoxy) is 1. The summed E-state index contributed by atoms with van der Waals surface area (Å²) in [5, 5.41) is 0. The van der Waals surface area contributed by atoms with Crippen molar-refractivity contribution in [2.75, 3.05) is 7.11 Å². The van der Waals surface area contributed by atoms with Gasteiger partial charge in [0.15, 0.2) is 0 Å². The van der Waals surface area contributed by atoms with Gasteiger partial charge in [-0.3, -0.25) is 10.5 Å². The summed E-state index contributed by atoms with van der Waals surface area (Å²) in [6.45, 7) is 0. The van der Waals surface area contributed by atoms with E-state index in [2.05, 4.69) is 4.74 Å². The minimum absolute atomic E-state index is 0.748. The number of methoxy groups -OCH3 is 1. The van der Waals surface area contributed by atoms with Crippen molar-refractivity contribution in [3.63, 3.8) is 0 Å². The number of carbonyl (C=O) groups is 1. The van der Waals surface area contributed by atoms with Gasteiger partial charge in [0.05, 0.1) is 13.4 Å². The Bertz CT molecular complexity index is 87.7. The van der Waals surface area contributed by atoms with Gasteiger partial charge in [0, 0.05) is 6.08 Å². The third kappa shape index (κ3) is 5.01. The predicted molar refractivity (Wildman–Crippen MR) is 24.3 cm³/mol. The summed E-state index contributed by atoms with van der Waals surface area (Å²) in [5.41, 5.74) is 6.28. The molecule has 0 aliphatic carbocycles. The van der Waals surface area contributed by atoms with Crippen LogP contribution in [0, 0.1) is 0 Å². The van der Waals surface area contributed by atoms with Crippen LogP contribution in [0.5, 0.6) is 0 Å². The monoisotopic (exact) mass is 100 g/mol. The van der Waals surface area contributed by atoms with Crippen molar-refractivity contribution >= 4 is 5.91 Å². The number of amides is 1. The fraction of sp³-hybridized carbons (Fsp3) is 0.250. The van der Waals surface area contributed by atoms with Crippen LogP contribution in [-0.4, -0.2) is 13.0 Å². The van der Waals surface area contributed by atoms with Crippen molar-refractivity contribution < 1.29 is 9.53 Å². The number of hydrogen-bond acceptors (Lipinski definition) is 2. The van der Waals surface area contributed by atoms with E-state index in [4.69, 9.17) is 5.73 Å². The van der Waals surface area contributed by atoms with Gasteiger partial charge in [0.1, 0.15) is 0 Å². The van der Waals surface area contributed by atoms with Gasteiger partial charge in [-0.15, -0.1) is 0 Å². The second kappa shape index (κ2) is 3.21. The van der Waals surface area contributed by atoms with Crippen LogP contribution in [0.25, 0.3) is 0 Å². The van der Waals surface area contributed by atoms with E-state index in [0.717, 1.165) is 12.3 Å². The lowest BCUT2D eigenvalue weighted by atomic mass is 10.6. The zero-order chi connectivity index (χ0) is 5.70. The summed E-state index contributed by atoms with van der Waals surface area (Å²) in [5.74, 6) is -0.748. The van der Waals surface area contributed by atoms with Gasteiger partial charge in [-0.25, -0.2) is 0 Å². The van der Waals surface area contributed by atoms with Crippen LogP contribution in [0.1, 0.15) is 0 Å². The van der Waals surface area contributed by atoms with E-state index in [1.807, 2.05) is 0 Å². The van der Waals surface area contributed by atoms with Crippen LogP contribution in [0.2, 0.25) is 0 Å². The lowest BCUT2D eigenvalue weighted by molar-refractivity contribution is -0.114. The molecule has 3 nitrogen and oxygen atoms in total. The SMILES string of the molecule is COC=CC([NH])=O. The van der Waals surface area contributed by atoms with Crippen molar-refractivity contribution in [2.45, 2.75) is 0 Å². The maximum absolute atomic E-state index is 9.70. The Morgan fingerprint density at radius 1 is 1.86 bits per heavy atom. The summed E-state index contributed by atoms with van der Waals surface area (Å²) in [4.78, 5) is 9.70. The van der Waals surface area contributed by atoms with Crippen LogP contribution in [0.4, 0.5) is 0 Å². The molecule has 1 amide bonds. The highest BCUT2D eigenvalue weighted by molar-refractivity contribution is 5.84. The highest BCUT2D eigenvalue weighted by Gasteiger charge is 1.78. The fourth-order valence-electron chi connectivity index (χ4n) is 0.130. The molecule has 0 saturated carbocycles. The molecule has 0 aromatic heterocycles. The third-order valence-electron chi connectivity index (χ3n) is 0.355. The molecule has 0 bridgehead atoms. The highest BCUT2D eigenvalue weighted by atomic mass is 16.5. The average molecular weight is 100 g/mol. The number of hydrogen-bond donors (Lipinski definition) is 0. The second-order valence-electron chi connectivity index (χ2n) is 0.903. The summed E-state index contributed by atoms with van der Waals surface area (Å²) in [6.07, 6.45) is 2.19. The van der Waals surface area contributed by atoms with Gasteiger partial charge in [-0.05, 0) is 0 Å². The number of rotatable bonds is 2. The van der Waals surface area contributed by atoms with Gasteiger partial charge in [-0.1, -0.05) is 0 Å².